The molecule has 0 rings (SSSR count). The van der Waals surface area contributed by atoms with E-state index in [4.69, 9.17) is 48.7 Å². The van der Waals surface area contributed by atoms with Gasteiger partial charge >= 0.3 is 35.0 Å². The quantitative estimate of drug-likeness (QED) is 0.0986. The maximum Gasteiger partial charge on any atom is 0.500 e. The van der Waals surface area contributed by atoms with Gasteiger partial charge in [-0.3, -0.25) is 0 Å². The zero-order valence-electron chi connectivity index (χ0n) is 30.5. The van der Waals surface area contributed by atoms with E-state index >= 15 is 0 Å². The molecule has 0 fully saturated rings. The molecule has 0 atom stereocenters. The first-order valence-electron chi connectivity index (χ1n) is 15.2. The molecule has 18 heteroatoms. The molecule has 0 radical (unpaired) electrons. The van der Waals surface area contributed by atoms with E-state index in [1.165, 1.54) is 0 Å². The van der Waals surface area contributed by atoms with Crippen LogP contribution in [0.3, 0.4) is 0 Å². The number of nitrogens with one attached hydrogen (secondary N) is 2. The van der Waals surface area contributed by atoms with Crippen LogP contribution in [0.15, 0.2) is 0 Å². The molecular weight excluding hydrogens is 657 g/mol. The van der Waals surface area contributed by atoms with E-state index in [1.54, 1.807) is 56.9 Å². The van der Waals surface area contributed by atoms with E-state index in [2.05, 4.69) is 17.6 Å². The summed E-state index contributed by atoms with van der Waals surface area (Å²) in [5, 5.41) is 6.17. The van der Waals surface area contributed by atoms with Gasteiger partial charge in [0.1, 0.15) is 0 Å². The van der Waals surface area contributed by atoms with Crippen LogP contribution in [0.5, 0.6) is 0 Å². The van der Waals surface area contributed by atoms with E-state index in [0.717, 1.165) is 63.7 Å². The average molecular weight is 731 g/mol. The van der Waals surface area contributed by atoms with Crippen molar-refractivity contribution in [3.05, 3.63) is 0 Å². The number of hydrogen-bond acceptors (Lipinski definition) is 13. The normalized spacial score (nSPS) is 11.9. The maximum absolute atomic E-state index is 6.08. The lowest BCUT2D eigenvalue weighted by atomic mass is 10.5. The summed E-state index contributed by atoms with van der Waals surface area (Å²) in [6.07, 6.45) is 3.67. The first kappa shape index (κ1) is 54.7. The van der Waals surface area contributed by atoms with Crippen LogP contribution in [0.2, 0.25) is 24.2 Å². The third-order valence-electron chi connectivity index (χ3n) is 6.55. The summed E-state index contributed by atoms with van der Waals surface area (Å²) in [5.74, 6) is 0. The molecule has 0 aliphatic heterocycles. The highest BCUT2D eigenvalue weighted by atomic mass is 28.5. The highest BCUT2D eigenvalue weighted by molar-refractivity contribution is 6.74. The minimum atomic E-state index is -2.71. The lowest BCUT2D eigenvalue weighted by Crippen LogP contribution is -2.57. The lowest BCUT2D eigenvalue weighted by Gasteiger charge is -2.35. The predicted octanol–water partition coefficient (Wildman–Crippen LogP) is 3.48. The van der Waals surface area contributed by atoms with Crippen molar-refractivity contribution in [1.29, 1.82) is 0 Å². The maximum atomic E-state index is 6.08. The van der Waals surface area contributed by atoms with Gasteiger partial charge in [-0.05, 0) is 59.9 Å². The summed E-state index contributed by atoms with van der Waals surface area (Å²) in [7, 11) is 7.23. The van der Waals surface area contributed by atoms with Crippen molar-refractivity contribution in [3.8, 4) is 0 Å². The zero-order chi connectivity index (χ0) is 33.7. The zero-order valence-corrected chi connectivity index (χ0v) is 34.5. The van der Waals surface area contributed by atoms with Crippen molar-refractivity contribution in [2.24, 2.45) is 0 Å². The number of methoxy groups -OCH3 is 1. The fourth-order valence-corrected chi connectivity index (χ4v) is 15.0. The van der Waals surface area contributed by atoms with E-state index in [-0.39, 0.29) is 12.9 Å². The molecule has 0 saturated carbocycles. The van der Waals surface area contributed by atoms with Crippen molar-refractivity contribution in [2.45, 2.75) is 78.6 Å². The van der Waals surface area contributed by atoms with E-state index < -0.39 is 35.0 Å². The van der Waals surface area contributed by atoms with E-state index in [9.17, 15) is 0 Å². The van der Waals surface area contributed by atoms with Gasteiger partial charge in [-0.15, -0.1) is 0 Å². The molecular formula is C27H74N2O12Si4. The van der Waals surface area contributed by atoms with Gasteiger partial charge in [0.05, 0.1) is 6.23 Å². The van der Waals surface area contributed by atoms with Gasteiger partial charge < -0.3 is 64.8 Å². The summed E-state index contributed by atoms with van der Waals surface area (Å²) in [5.41, 5.74) is 0. The summed E-state index contributed by atoms with van der Waals surface area (Å²) in [6, 6.07) is 3.30. The molecule has 0 aromatic carbocycles. The Balaban J connectivity index is -0.000000178. The van der Waals surface area contributed by atoms with E-state index in [1.807, 2.05) is 34.9 Å². The molecule has 0 saturated heterocycles. The molecule has 0 bridgehead atoms. The molecule has 280 valence electrons. The SMILES string of the molecule is C.CCC[Si](COC)(OCC)OCC.CC[Si](OC)(OC)O[Si](CCCNC)(OC)OC.CNCCC[Si](OC)(OC)OC.O. The number of hydrogen-bond donors (Lipinski definition) is 2. The first-order valence-corrected chi connectivity index (χ1v) is 23.2. The third-order valence-corrected chi connectivity index (χ3v) is 19.8. The molecule has 0 aliphatic rings. The second-order valence-corrected chi connectivity index (χ2v) is 22.0. The van der Waals surface area contributed by atoms with Crippen LogP contribution in [-0.2, 0) is 48.7 Å². The smallest absolute Gasteiger partial charge is 0.412 e. The molecule has 0 aliphatic carbocycles. The van der Waals surface area contributed by atoms with Crippen molar-refractivity contribution in [3.63, 3.8) is 0 Å². The van der Waals surface area contributed by atoms with Crippen LogP contribution in [0, 0.1) is 0 Å². The van der Waals surface area contributed by atoms with Gasteiger partial charge in [-0.1, -0.05) is 27.7 Å². The van der Waals surface area contributed by atoms with Crippen molar-refractivity contribution in [1.82, 2.24) is 10.6 Å². The average Bonchev–Trinajstić information content (AvgIpc) is 3.03. The Morgan fingerprint density at radius 3 is 1.18 bits per heavy atom. The van der Waals surface area contributed by atoms with Crippen molar-refractivity contribution < 1.29 is 54.2 Å². The fraction of sp³-hybridized carbons (Fsp3) is 1.00. The fourth-order valence-electron chi connectivity index (χ4n) is 4.17. The van der Waals surface area contributed by atoms with Crippen molar-refractivity contribution >= 4 is 35.0 Å². The first-order chi connectivity index (χ1) is 20.6. The van der Waals surface area contributed by atoms with Crippen LogP contribution in [0.1, 0.15) is 54.4 Å². The summed E-state index contributed by atoms with van der Waals surface area (Å²) >= 11 is 0. The minimum absolute atomic E-state index is 0. The van der Waals surface area contributed by atoms with Crippen LogP contribution < -0.4 is 10.6 Å². The Kier molecular flexibility index (Phi) is 41.6. The summed E-state index contributed by atoms with van der Waals surface area (Å²) in [6.45, 7) is 11.4. The molecule has 0 heterocycles. The standard InChI is InChI=1S/C10H27NO5Si2.C9H22O3Si.C7H19NO3Si.CH4.H2O/c1-7-17(12-3,13-4)16-18(14-5,15-6)10-8-9-11-2;1-5-8-13(9-10-4,11-6-2)12-7-3;1-8-6-5-7-12(9-2,10-3)11-4;;/h11H,7-10H2,1-6H3;5-9H2,1-4H3;8H,5-7H2,1-4H3;1H4;1H2. The molecule has 0 aromatic heterocycles. The van der Waals surface area contributed by atoms with Crippen LogP contribution >= 0.6 is 0 Å². The van der Waals surface area contributed by atoms with Crippen molar-refractivity contribution in [2.75, 3.05) is 104 Å². The van der Waals surface area contributed by atoms with E-state index in [0.29, 0.717) is 12.3 Å². The topological polar surface area (TPSA) is 157 Å². The molecule has 45 heavy (non-hydrogen) atoms. The predicted molar refractivity (Wildman–Crippen MR) is 191 cm³/mol. The Hall–Kier alpha value is 0.308. The highest BCUT2D eigenvalue weighted by Gasteiger charge is 2.50. The van der Waals surface area contributed by atoms with Gasteiger partial charge in [0, 0.05) is 88.2 Å². The second-order valence-electron chi connectivity index (χ2n) is 9.31. The second kappa shape index (κ2) is 34.2. The van der Waals surface area contributed by atoms with Crippen LogP contribution in [-0.4, -0.2) is 144 Å². The Morgan fingerprint density at radius 1 is 0.533 bits per heavy atom. The number of rotatable bonds is 26. The van der Waals surface area contributed by atoms with Gasteiger partial charge in [-0.25, -0.2) is 0 Å². The molecule has 4 N–H and O–H groups in total. The Morgan fingerprint density at radius 2 is 0.911 bits per heavy atom. The van der Waals surface area contributed by atoms with Crippen LogP contribution in [0.4, 0.5) is 0 Å². The number of ether oxygens (including phenoxy) is 1. The van der Waals surface area contributed by atoms with Gasteiger partial charge in [-0.2, -0.15) is 0 Å². The Labute approximate surface area is 281 Å². The van der Waals surface area contributed by atoms with Gasteiger partial charge in [0.2, 0.25) is 0 Å². The largest absolute Gasteiger partial charge is 0.500 e. The molecule has 0 aromatic rings. The van der Waals surface area contributed by atoms with Crippen LogP contribution in [0.25, 0.3) is 0 Å². The summed E-state index contributed by atoms with van der Waals surface area (Å²) < 4.78 is 60.5. The molecule has 0 amide bonds. The molecule has 0 unspecified atom stereocenters. The monoisotopic (exact) mass is 730 g/mol. The third kappa shape index (κ3) is 23.3. The molecule has 14 nitrogen and oxygen atoms in total. The highest BCUT2D eigenvalue weighted by Crippen LogP contribution is 2.24. The van der Waals surface area contributed by atoms with Gasteiger partial charge in [0.15, 0.2) is 0 Å². The minimum Gasteiger partial charge on any atom is -0.412 e. The molecule has 0 spiro atoms. The Bertz CT molecular complexity index is 550. The van der Waals surface area contributed by atoms with Gasteiger partial charge in [0.25, 0.3) is 0 Å². The summed E-state index contributed by atoms with van der Waals surface area (Å²) in [4.78, 5) is 0. The lowest BCUT2D eigenvalue weighted by molar-refractivity contribution is 0.0871.